The molecule has 0 spiro atoms. The number of fused-ring (bicyclic) bond motifs is 1. The van der Waals surface area contributed by atoms with Gasteiger partial charge in [0.25, 0.3) is 0 Å². The lowest BCUT2D eigenvalue weighted by molar-refractivity contribution is 0.415. The maximum Gasteiger partial charge on any atom is 0.119 e. The maximum atomic E-state index is 5.17. The summed E-state index contributed by atoms with van der Waals surface area (Å²) in [6.45, 7) is 2.06. The molecular formula is C11H10BrNO. The molecule has 0 aliphatic heterocycles. The Morgan fingerprint density at radius 1 is 1.29 bits per heavy atom. The van der Waals surface area contributed by atoms with E-state index in [0.717, 1.165) is 21.3 Å². The van der Waals surface area contributed by atoms with Gasteiger partial charge in [-0.25, -0.2) is 4.98 Å². The number of methoxy groups -OCH3 is 1. The van der Waals surface area contributed by atoms with Gasteiger partial charge >= 0.3 is 0 Å². The van der Waals surface area contributed by atoms with E-state index in [1.807, 2.05) is 24.3 Å². The van der Waals surface area contributed by atoms with Crippen molar-refractivity contribution in [2.24, 2.45) is 0 Å². The van der Waals surface area contributed by atoms with Gasteiger partial charge in [-0.1, -0.05) is 0 Å². The first-order chi connectivity index (χ1) is 6.70. The molecule has 0 saturated carbocycles. The van der Waals surface area contributed by atoms with Crippen LogP contribution < -0.4 is 4.74 Å². The topological polar surface area (TPSA) is 22.1 Å². The predicted molar refractivity (Wildman–Crippen MR) is 60.7 cm³/mol. The second-order valence-electron chi connectivity index (χ2n) is 3.14. The Hall–Kier alpha value is -1.09. The molecule has 2 rings (SSSR count). The fraction of sp³-hybridized carbons (Fsp3) is 0.182. The largest absolute Gasteiger partial charge is 0.497 e. The minimum absolute atomic E-state index is 0.865. The summed E-state index contributed by atoms with van der Waals surface area (Å²) in [5, 5.41) is 1.13. The van der Waals surface area contributed by atoms with Crippen LogP contribution in [0.4, 0.5) is 0 Å². The van der Waals surface area contributed by atoms with Crippen molar-refractivity contribution in [1.82, 2.24) is 4.98 Å². The van der Waals surface area contributed by atoms with E-state index in [4.69, 9.17) is 4.74 Å². The van der Waals surface area contributed by atoms with Crippen LogP contribution in [0.1, 0.15) is 5.56 Å². The van der Waals surface area contributed by atoms with E-state index in [9.17, 15) is 0 Å². The molecule has 1 heterocycles. The standard InChI is InChI=1S/C11H10BrNO/c1-7-5-11(12)13-10-4-3-8(14-2)6-9(7)10/h3-6H,1-2H3. The van der Waals surface area contributed by atoms with Gasteiger partial charge < -0.3 is 4.74 Å². The molecular weight excluding hydrogens is 242 g/mol. The number of hydrogen-bond donors (Lipinski definition) is 0. The zero-order valence-electron chi connectivity index (χ0n) is 8.04. The maximum absolute atomic E-state index is 5.17. The Kier molecular flexibility index (Phi) is 2.42. The number of halogens is 1. The van der Waals surface area contributed by atoms with Crippen LogP contribution in [0.15, 0.2) is 28.9 Å². The fourth-order valence-corrected chi connectivity index (χ4v) is 1.99. The van der Waals surface area contributed by atoms with Gasteiger partial charge in [-0.2, -0.15) is 0 Å². The van der Waals surface area contributed by atoms with Crippen molar-refractivity contribution in [3.8, 4) is 5.75 Å². The number of aromatic nitrogens is 1. The highest BCUT2D eigenvalue weighted by atomic mass is 79.9. The van der Waals surface area contributed by atoms with Crippen molar-refractivity contribution in [2.45, 2.75) is 6.92 Å². The van der Waals surface area contributed by atoms with Crippen molar-refractivity contribution in [1.29, 1.82) is 0 Å². The molecule has 2 nitrogen and oxygen atoms in total. The molecule has 0 radical (unpaired) electrons. The number of ether oxygens (including phenoxy) is 1. The van der Waals surface area contributed by atoms with E-state index in [1.165, 1.54) is 5.56 Å². The number of hydrogen-bond acceptors (Lipinski definition) is 2. The second-order valence-corrected chi connectivity index (χ2v) is 3.96. The van der Waals surface area contributed by atoms with Gasteiger partial charge in [0.2, 0.25) is 0 Å². The van der Waals surface area contributed by atoms with Crippen molar-refractivity contribution in [3.63, 3.8) is 0 Å². The molecule has 0 N–H and O–H groups in total. The van der Waals surface area contributed by atoms with Crippen LogP contribution in [-0.2, 0) is 0 Å². The van der Waals surface area contributed by atoms with Crippen LogP contribution >= 0.6 is 15.9 Å². The first-order valence-electron chi connectivity index (χ1n) is 4.31. The molecule has 0 atom stereocenters. The van der Waals surface area contributed by atoms with Crippen molar-refractivity contribution in [3.05, 3.63) is 34.4 Å². The van der Waals surface area contributed by atoms with E-state index >= 15 is 0 Å². The highest BCUT2D eigenvalue weighted by molar-refractivity contribution is 9.10. The fourth-order valence-electron chi connectivity index (χ4n) is 1.46. The number of rotatable bonds is 1. The molecule has 3 heteroatoms. The lowest BCUT2D eigenvalue weighted by Gasteiger charge is -2.05. The van der Waals surface area contributed by atoms with Crippen LogP contribution in [0.25, 0.3) is 10.9 Å². The number of nitrogens with zero attached hydrogens (tertiary/aromatic N) is 1. The van der Waals surface area contributed by atoms with Crippen LogP contribution in [0, 0.1) is 6.92 Å². The average Bonchev–Trinajstić information content (AvgIpc) is 2.17. The number of aryl methyl sites for hydroxylation is 1. The first-order valence-corrected chi connectivity index (χ1v) is 5.11. The molecule has 2 aromatic rings. The molecule has 0 saturated heterocycles. The third-order valence-corrected chi connectivity index (χ3v) is 2.60. The summed E-state index contributed by atoms with van der Waals surface area (Å²) in [7, 11) is 1.67. The molecule has 0 aliphatic rings. The third-order valence-electron chi connectivity index (χ3n) is 2.19. The summed E-state index contributed by atoms with van der Waals surface area (Å²) in [5.74, 6) is 0.865. The molecule has 0 bridgehead atoms. The van der Waals surface area contributed by atoms with E-state index in [-0.39, 0.29) is 0 Å². The third kappa shape index (κ3) is 1.60. The summed E-state index contributed by atoms with van der Waals surface area (Å²) < 4.78 is 6.04. The second kappa shape index (κ2) is 3.58. The van der Waals surface area contributed by atoms with Gasteiger partial charge in [-0.3, -0.25) is 0 Å². The van der Waals surface area contributed by atoms with Gasteiger partial charge in [0.1, 0.15) is 10.4 Å². The van der Waals surface area contributed by atoms with Crippen LogP contribution in [-0.4, -0.2) is 12.1 Å². The molecule has 14 heavy (non-hydrogen) atoms. The SMILES string of the molecule is COc1ccc2nc(Br)cc(C)c2c1. The van der Waals surface area contributed by atoms with Crippen molar-refractivity contribution < 1.29 is 4.74 Å². The van der Waals surface area contributed by atoms with Gasteiger partial charge in [-0.05, 0) is 52.7 Å². The molecule has 1 aromatic heterocycles. The highest BCUT2D eigenvalue weighted by Crippen LogP contribution is 2.24. The van der Waals surface area contributed by atoms with E-state index in [1.54, 1.807) is 7.11 Å². The molecule has 0 unspecified atom stereocenters. The lowest BCUT2D eigenvalue weighted by atomic mass is 10.1. The highest BCUT2D eigenvalue weighted by Gasteiger charge is 2.02. The van der Waals surface area contributed by atoms with Gasteiger partial charge in [-0.15, -0.1) is 0 Å². The smallest absolute Gasteiger partial charge is 0.119 e. The van der Waals surface area contributed by atoms with E-state index in [0.29, 0.717) is 0 Å². The average molecular weight is 252 g/mol. The van der Waals surface area contributed by atoms with Gasteiger partial charge in [0, 0.05) is 5.39 Å². The van der Waals surface area contributed by atoms with E-state index in [2.05, 4.69) is 27.8 Å². The van der Waals surface area contributed by atoms with Crippen LogP contribution in [0.2, 0.25) is 0 Å². The summed E-state index contributed by atoms with van der Waals surface area (Å²) in [4.78, 5) is 4.37. The molecule has 0 amide bonds. The molecule has 1 aromatic carbocycles. The molecule has 0 fully saturated rings. The summed E-state index contributed by atoms with van der Waals surface area (Å²) in [6, 6.07) is 7.89. The number of pyridine rings is 1. The Morgan fingerprint density at radius 2 is 2.07 bits per heavy atom. The van der Waals surface area contributed by atoms with Gasteiger partial charge in [0.15, 0.2) is 0 Å². The normalized spacial score (nSPS) is 10.5. The number of benzene rings is 1. The van der Waals surface area contributed by atoms with Crippen LogP contribution in [0.5, 0.6) is 5.75 Å². The Morgan fingerprint density at radius 3 is 2.79 bits per heavy atom. The summed E-state index contributed by atoms with van der Waals surface area (Å²) >= 11 is 3.38. The zero-order chi connectivity index (χ0) is 10.1. The zero-order valence-corrected chi connectivity index (χ0v) is 9.63. The first kappa shape index (κ1) is 9.46. The Labute approximate surface area is 91.0 Å². The summed E-state index contributed by atoms with van der Waals surface area (Å²) in [6.07, 6.45) is 0. The molecule has 72 valence electrons. The summed E-state index contributed by atoms with van der Waals surface area (Å²) in [5.41, 5.74) is 2.18. The van der Waals surface area contributed by atoms with Gasteiger partial charge in [0.05, 0.1) is 12.6 Å². The lowest BCUT2D eigenvalue weighted by Crippen LogP contribution is -1.87. The van der Waals surface area contributed by atoms with Crippen LogP contribution in [0.3, 0.4) is 0 Å². The molecule has 0 aliphatic carbocycles. The Balaban J connectivity index is 2.75. The minimum Gasteiger partial charge on any atom is -0.497 e. The quantitative estimate of drug-likeness (QED) is 0.726. The van der Waals surface area contributed by atoms with Crippen molar-refractivity contribution in [2.75, 3.05) is 7.11 Å². The minimum atomic E-state index is 0.865. The van der Waals surface area contributed by atoms with Crippen molar-refractivity contribution >= 4 is 26.8 Å². The monoisotopic (exact) mass is 251 g/mol. The Bertz CT molecular complexity index is 482. The van der Waals surface area contributed by atoms with E-state index < -0.39 is 0 Å². The predicted octanol–water partition coefficient (Wildman–Crippen LogP) is 3.31.